The Bertz CT molecular complexity index is 904. The highest BCUT2D eigenvalue weighted by atomic mass is 35.5. The van der Waals surface area contributed by atoms with Gasteiger partial charge in [0.05, 0.1) is 18.3 Å². The zero-order valence-corrected chi connectivity index (χ0v) is 15.2. The summed E-state index contributed by atoms with van der Waals surface area (Å²) in [6, 6.07) is 14.6. The molecular weight excluding hydrogens is 352 g/mol. The molecule has 1 aromatic heterocycles. The maximum atomic E-state index is 12.6. The van der Waals surface area contributed by atoms with Crippen molar-refractivity contribution >= 4 is 17.5 Å². The van der Waals surface area contributed by atoms with Gasteiger partial charge in [-0.25, -0.2) is 0 Å². The third kappa shape index (κ3) is 3.92. The molecule has 1 amide bonds. The normalized spacial score (nSPS) is 12.0. The van der Waals surface area contributed by atoms with Crippen LogP contribution in [0.4, 0.5) is 0 Å². The Morgan fingerprint density at radius 3 is 2.42 bits per heavy atom. The second kappa shape index (κ2) is 7.68. The first-order valence-corrected chi connectivity index (χ1v) is 8.56. The van der Waals surface area contributed by atoms with Gasteiger partial charge < -0.3 is 10.4 Å². The first-order valence-electron chi connectivity index (χ1n) is 8.18. The molecule has 0 fully saturated rings. The van der Waals surface area contributed by atoms with E-state index in [0.29, 0.717) is 5.02 Å². The molecule has 0 spiro atoms. The first-order chi connectivity index (χ1) is 12.5. The number of amides is 1. The minimum atomic E-state index is -0.394. The third-order valence-electron chi connectivity index (χ3n) is 4.03. The van der Waals surface area contributed by atoms with Crippen LogP contribution in [0.25, 0.3) is 5.69 Å². The van der Waals surface area contributed by atoms with Crippen LogP contribution in [-0.2, 0) is 6.61 Å². The second-order valence-electron chi connectivity index (χ2n) is 6.03. The Kier molecular flexibility index (Phi) is 5.35. The van der Waals surface area contributed by atoms with Gasteiger partial charge in [0.1, 0.15) is 5.69 Å². The number of halogens is 1. The Morgan fingerprint density at radius 2 is 1.81 bits per heavy atom. The molecule has 0 radical (unpaired) electrons. The van der Waals surface area contributed by atoms with Gasteiger partial charge in [-0.2, -0.15) is 4.80 Å². The standard InChI is InChI=1S/C19H19ClN4O2/c1-12-3-9-16(10-4-12)24-22-17(11-25)18(23-24)19(26)21-13(2)14-5-7-15(20)8-6-14/h3-10,13,25H,11H2,1-2H3,(H,21,26)/t13-/m0/s1. The lowest BCUT2D eigenvalue weighted by Crippen LogP contribution is -2.28. The van der Waals surface area contributed by atoms with E-state index < -0.39 is 5.91 Å². The Hall–Kier alpha value is -2.70. The number of carbonyl (C=O) groups is 1. The lowest BCUT2D eigenvalue weighted by atomic mass is 10.1. The van der Waals surface area contributed by atoms with Crippen LogP contribution in [0, 0.1) is 6.92 Å². The van der Waals surface area contributed by atoms with Crippen LogP contribution < -0.4 is 5.32 Å². The summed E-state index contributed by atoms with van der Waals surface area (Å²) in [5.41, 5.74) is 3.08. The highest BCUT2D eigenvalue weighted by Gasteiger charge is 2.20. The zero-order chi connectivity index (χ0) is 18.7. The van der Waals surface area contributed by atoms with E-state index >= 15 is 0 Å². The topological polar surface area (TPSA) is 80.0 Å². The smallest absolute Gasteiger partial charge is 0.274 e. The summed E-state index contributed by atoms with van der Waals surface area (Å²) in [6.07, 6.45) is 0. The molecule has 3 rings (SSSR count). The fourth-order valence-corrected chi connectivity index (χ4v) is 2.64. The SMILES string of the molecule is Cc1ccc(-n2nc(CO)c(C(=O)N[C@@H](C)c3ccc(Cl)cc3)n2)cc1. The molecule has 1 atom stereocenters. The maximum Gasteiger partial charge on any atom is 0.274 e. The predicted molar refractivity (Wildman–Crippen MR) is 99.4 cm³/mol. The van der Waals surface area contributed by atoms with Crippen molar-refractivity contribution in [2.45, 2.75) is 26.5 Å². The van der Waals surface area contributed by atoms with Crippen molar-refractivity contribution < 1.29 is 9.90 Å². The van der Waals surface area contributed by atoms with Gasteiger partial charge in [0.2, 0.25) is 0 Å². The highest BCUT2D eigenvalue weighted by Crippen LogP contribution is 2.17. The van der Waals surface area contributed by atoms with Crippen molar-refractivity contribution in [1.82, 2.24) is 20.3 Å². The van der Waals surface area contributed by atoms with E-state index in [1.807, 2.05) is 50.2 Å². The van der Waals surface area contributed by atoms with Gasteiger partial charge in [-0.05, 0) is 43.7 Å². The van der Waals surface area contributed by atoms with Crippen molar-refractivity contribution in [2.24, 2.45) is 0 Å². The van der Waals surface area contributed by atoms with Crippen LogP contribution in [0.3, 0.4) is 0 Å². The van der Waals surface area contributed by atoms with Crippen LogP contribution in [0.5, 0.6) is 0 Å². The van der Waals surface area contributed by atoms with Gasteiger partial charge in [0, 0.05) is 5.02 Å². The van der Waals surface area contributed by atoms with Gasteiger partial charge in [0.25, 0.3) is 5.91 Å². The van der Waals surface area contributed by atoms with Gasteiger partial charge in [-0.1, -0.05) is 41.4 Å². The molecule has 1 heterocycles. The molecule has 0 aliphatic carbocycles. The quantitative estimate of drug-likeness (QED) is 0.722. The summed E-state index contributed by atoms with van der Waals surface area (Å²) in [7, 11) is 0. The minimum Gasteiger partial charge on any atom is -0.390 e. The van der Waals surface area contributed by atoms with E-state index in [0.717, 1.165) is 16.8 Å². The number of aliphatic hydroxyl groups excluding tert-OH is 1. The number of nitrogens with zero attached hydrogens (tertiary/aromatic N) is 3. The number of benzene rings is 2. The van der Waals surface area contributed by atoms with Crippen LogP contribution in [-0.4, -0.2) is 26.0 Å². The van der Waals surface area contributed by atoms with Crippen molar-refractivity contribution in [3.8, 4) is 5.69 Å². The van der Waals surface area contributed by atoms with Gasteiger partial charge in [-0.15, -0.1) is 10.2 Å². The molecule has 0 aliphatic rings. The molecule has 0 aliphatic heterocycles. The van der Waals surface area contributed by atoms with E-state index in [4.69, 9.17) is 11.6 Å². The van der Waals surface area contributed by atoms with Crippen LogP contribution in [0.1, 0.15) is 40.3 Å². The number of aliphatic hydroxyl groups is 1. The molecule has 7 heteroatoms. The average molecular weight is 371 g/mol. The molecule has 0 unspecified atom stereocenters. The van der Waals surface area contributed by atoms with Crippen molar-refractivity contribution in [2.75, 3.05) is 0 Å². The van der Waals surface area contributed by atoms with Crippen LogP contribution >= 0.6 is 11.6 Å². The molecule has 134 valence electrons. The molecular formula is C19H19ClN4O2. The molecule has 0 saturated heterocycles. The van der Waals surface area contributed by atoms with Gasteiger partial charge in [0.15, 0.2) is 5.69 Å². The van der Waals surface area contributed by atoms with E-state index in [-0.39, 0.29) is 24.0 Å². The number of hydrogen-bond donors (Lipinski definition) is 2. The molecule has 2 aromatic carbocycles. The Labute approximate surface area is 156 Å². The molecule has 3 aromatic rings. The Morgan fingerprint density at radius 1 is 1.15 bits per heavy atom. The third-order valence-corrected chi connectivity index (χ3v) is 4.28. The fourth-order valence-electron chi connectivity index (χ4n) is 2.51. The lowest BCUT2D eigenvalue weighted by Gasteiger charge is -2.13. The van der Waals surface area contributed by atoms with Gasteiger partial charge >= 0.3 is 0 Å². The van der Waals surface area contributed by atoms with Crippen LogP contribution in [0.15, 0.2) is 48.5 Å². The fraction of sp³-hybridized carbons (Fsp3) is 0.211. The monoisotopic (exact) mass is 370 g/mol. The van der Waals surface area contributed by atoms with E-state index in [1.54, 1.807) is 12.1 Å². The summed E-state index contributed by atoms with van der Waals surface area (Å²) in [5, 5.41) is 21.5. The van der Waals surface area contributed by atoms with E-state index in [2.05, 4.69) is 15.5 Å². The summed E-state index contributed by atoms with van der Waals surface area (Å²) >= 11 is 5.89. The molecule has 0 bridgehead atoms. The number of rotatable bonds is 5. The lowest BCUT2D eigenvalue weighted by molar-refractivity contribution is 0.0931. The molecule has 2 N–H and O–H groups in total. The summed E-state index contributed by atoms with van der Waals surface area (Å²) in [4.78, 5) is 14.0. The van der Waals surface area contributed by atoms with Gasteiger partial charge in [-0.3, -0.25) is 4.79 Å². The average Bonchev–Trinajstić information content (AvgIpc) is 3.07. The Balaban J connectivity index is 1.82. The summed E-state index contributed by atoms with van der Waals surface area (Å²) in [5.74, 6) is -0.394. The van der Waals surface area contributed by atoms with E-state index in [1.165, 1.54) is 4.80 Å². The molecule has 6 nitrogen and oxygen atoms in total. The highest BCUT2D eigenvalue weighted by molar-refractivity contribution is 6.30. The molecule has 0 saturated carbocycles. The summed E-state index contributed by atoms with van der Waals surface area (Å²) in [6.45, 7) is 3.48. The van der Waals surface area contributed by atoms with Crippen LogP contribution in [0.2, 0.25) is 5.02 Å². The van der Waals surface area contributed by atoms with Crippen molar-refractivity contribution in [1.29, 1.82) is 0 Å². The van der Waals surface area contributed by atoms with Crippen molar-refractivity contribution in [3.05, 3.63) is 76.1 Å². The molecule has 26 heavy (non-hydrogen) atoms. The number of aromatic nitrogens is 3. The number of hydrogen-bond acceptors (Lipinski definition) is 4. The summed E-state index contributed by atoms with van der Waals surface area (Å²) < 4.78 is 0. The minimum absolute atomic E-state index is 0.105. The first kappa shape index (κ1) is 18.1. The predicted octanol–water partition coefficient (Wildman–Crippen LogP) is 3.21. The number of nitrogens with one attached hydrogen (secondary N) is 1. The second-order valence-corrected chi connectivity index (χ2v) is 6.46. The zero-order valence-electron chi connectivity index (χ0n) is 14.5. The largest absolute Gasteiger partial charge is 0.390 e. The van der Waals surface area contributed by atoms with Crippen molar-refractivity contribution in [3.63, 3.8) is 0 Å². The maximum absolute atomic E-state index is 12.6. The number of aryl methyl sites for hydroxylation is 1. The van der Waals surface area contributed by atoms with E-state index in [9.17, 15) is 9.90 Å². The number of carbonyl (C=O) groups excluding carboxylic acids is 1.